The van der Waals surface area contributed by atoms with E-state index in [1.54, 1.807) is 4.90 Å². The maximum atomic E-state index is 11.2. The third-order valence-electron chi connectivity index (χ3n) is 2.08. The summed E-state index contributed by atoms with van der Waals surface area (Å²) in [4.78, 5) is 19.5. The number of hydrogen-bond acceptors (Lipinski definition) is 4. The van der Waals surface area contributed by atoms with E-state index in [9.17, 15) is 4.79 Å². The van der Waals surface area contributed by atoms with E-state index in [-0.39, 0.29) is 16.6 Å². The van der Waals surface area contributed by atoms with E-state index in [0.29, 0.717) is 12.5 Å². The normalized spacial score (nSPS) is 12.6. The van der Waals surface area contributed by atoms with Gasteiger partial charge in [0.05, 0.1) is 6.20 Å². The summed E-state index contributed by atoms with van der Waals surface area (Å²) in [6.07, 6.45) is 1.33. The Morgan fingerprint density at radius 3 is 2.93 bits per heavy atom. The average molecular weight is 217 g/mol. The van der Waals surface area contributed by atoms with Crippen LogP contribution in [0.2, 0.25) is 5.02 Å². The standard InChI is InChI=1S/C8H13ClN4O/c1-5(3-10)13(2)8-11-4-6(9)7(14)12-8/h4-5H,3,10H2,1-2H3,(H,11,12,14). The molecule has 1 aromatic rings. The highest BCUT2D eigenvalue weighted by Gasteiger charge is 2.10. The van der Waals surface area contributed by atoms with Crippen molar-refractivity contribution in [1.29, 1.82) is 0 Å². The topological polar surface area (TPSA) is 75.0 Å². The SMILES string of the molecule is CC(CN)N(C)c1ncc(Cl)c(=O)[nH]1. The summed E-state index contributed by atoms with van der Waals surface area (Å²) in [5.41, 5.74) is 5.15. The van der Waals surface area contributed by atoms with Crippen molar-refractivity contribution in [3.8, 4) is 0 Å². The summed E-state index contributed by atoms with van der Waals surface area (Å²) in [5.74, 6) is 0.470. The number of nitrogens with zero attached hydrogens (tertiary/aromatic N) is 2. The number of anilines is 1. The van der Waals surface area contributed by atoms with E-state index < -0.39 is 0 Å². The molecule has 1 unspecified atom stereocenters. The zero-order chi connectivity index (χ0) is 10.7. The second-order valence-electron chi connectivity index (χ2n) is 3.08. The quantitative estimate of drug-likeness (QED) is 0.758. The number of halogens is 1. The van der Waals surface area contributed by atoms with Crippen molar-refractivity contribution in [3.63, 3.8) is 0 Å². The Labute approximate surface area is 86.9 Å². The largest absolute Gasteiger partial charge is 0.341 e. The number of likely N-dealkylation sites (N-methyl/N-ethyl adjacent to an activating group) is 1. The van der Waals surface area contributed by atoms with Gasteiger partial charge >= 0.3 is 0 Å². The highest BCUT2D eigenvalue weighted by atomic mass is 35.5. The number of aromatic amines is 1. The fourth-order valence-electron chi connectivity index (χ4n) is 0.916. The van der Waals surface area contributed by atoms with Gasteiger partial charge in [-0.05, 0) is 6.92 Å². The summed E-state index contributed by atoms with van der Waals surface area (Å²) in [6.45, 7) is 2.43. The van der Waals surface area contributed by atoms with Gasteiger partial charge in [-0.1, -0.05) is 11.6 Å². The Morgan fingerprint density at radius 2 is 2.43 bits per heavy atom. The first-order valence-electron chi connectivity index (χ1n) is 4.24. The molecule has 3 N–H and O–H groups in total. The van der Waals surface area contributed by atoms with Crippen molar-refractivity contribution in [2.24, 2.45) is 5.73 Å². The predicted molar refractivity (Wildman–Crippen MR) is 56.8 cm³/mol. The van der Waals surface area contributed by atoms with E-state index in [0.717, 1.165) is 0 Å². The summed E-state index contributed by atoms with van der Waals surface area (Å²) in [6, 6.07) is 0.110. The van der Waals surface area contributed by atoms with Gasteiger partial charge in [0.15, 0.2) is 0 Å². The molecule has 1 aromatic heterocycles. The van der Waals surface area contributed by atoms with Crippen molar-refractivity contribution in [1.82, 2.24) is 9.97 Å². The minimum atomic E-state index is -0.340. The summed E-state index contributed by atoms with van der Waals surface area (Å²) >= 11 is 5.55. The first-order valence-corrected chi connectivity index (χ1v) is 4.61. The summed E-state index contributed by atoms with van der Waals surface area (Å²) < 4.78 is 0. The molecule has 0 radical (unpaired) electrons. The van der Waals surface area contributed by atoms with Crippen LogP contribution < -0.4 is 16.2 Å². The molecule has 1 rings (SSSR count). The van der Waals surface area contributed by atoms with Gasteiger partial charge in [0, 0.05) is 19.6 Å². The van der Waals surface area contributed by atoms with E-state index >= 15 is 0 Å². The van der Waals surface area contributed by atoms with Crippen molar-refractivity contribution in [3.05, 3.63) is 21.6 Å². The number of nitrogens with two attached hydrogens (primary N) is 1. The Balaban J connectivity index is 2.97. The van der Waals surface area contributed by atoms with E-state index in [4.69, 9.17) is 17.3 Å². The molecule has 0 saturated heterocycles. The fraction of sp³-hybridized carbons (Fsp3) is 0.500. The maximum absolute atomic E-state index is 11.2. The van der Waals surface area contributed by atoms with E-state index in [2.05, 4.69) is 9.97 Å². The molecular formula is C8H13ClN4O. The molecule has 6 heteroatoms. The number of aromatic nitrogens is 2. The van der Waals surface area contributed by atoms with Gasteiger partial charge in [-0.2, -0.15) is 0 Å². The Kier molecular flexibility index (Phi) is 3.49. The minimum absolute atomic E-state index is 0.0857. The van der Waals surface area contributed by atoms with Crippen LogP contribution in [0.4, 0.5) is 5.95 Å². The van der Waals surface area contributed by atoms with Crippen LogP contribution in [0, 0.1) is 0 Å². The lowest BCUT2D eigenvalue weighted by Gasteiger charge is -2.23. The Morgan fingerprint density at radius 1 is 1.79 bits per heavy atom. The van der Waals surface area contributed by atoms with E-state index in [1.165, 1.54) is 6.20 Å². The van der Waals surface area contributed by atoms with Gasteiger partial charge in [-0.15, -0.1) is 0 Å². The second-order valence-corrected chi connectivity index (χ2v) is 3.49. The Bertz CT molecular complexity index is 365. The highest BCUT2D eigenvalue weighted by Crippen LogP contribution is 2.07. The van der Waals surface area contributed by atoms with Gasteiger partial charge < -0.3 is 10.6 Å². The number of H-pyrrole nitrogens is 1. The first-order chi connectivity index (χ1) is 6.56. The molecular weight excluding hydrogens is 204 g/mol. The lowest BCUT2D eigenvalue weighted by atomic mass is 10.3. The van der Waals surface area contributed by atoms with Gasteiger partial charge in [0.1, 0.15) is 5.02 Å². The molecule has 0 amide bonds. The van der Waals surface area contributed by atoms with Crippen LogP contribution in [0.5, 0.6) is 0 Å². The fourth-order valence-corrected chi connectivity index (χ4v) is 1.01. The minimum Gasteiger partial charge on any atom is -0.341 e. The molecule has 1 atom stereocenters. The van der Waals surface area contributed by atoms with Crippen molar-refractivity contribution >= 4 is 17.5 Å². The first kappa shape index (κ1) is 11.0. The predicted octanol–water partition coefficient (Wildman–Crippen LogP) is 0.207. The summed E-state index contributed by atoms with van der Waals surface area (Å²) in [7, 11) is 1.81. The highest BCUT2D eigenvalue weighted by molar-refractivity contribution is 6.30. The third kappa shape index (κ3) is 2.24. The number of rotatable bonds is 3. The smallest absolute Gasteiger partial charge is 0.271 e. The molecule has 0 aromatic carbocycles. The van der Waals surface area contributed by atoms with Crippen LogP contribution in [0.3, 0.4) is 0 Å². The van der Waals surface area contributed by atoms with Gasteiger partial charge in [0.2, 0.25) is 5.95 Å². The zero-order valence-electron chi connectivity index (χ0n) is 8.12. The average Bonchev–Trinajstić information content (AvgIpc) is 2.20. The van der Waals surface area contributed by atoms with Crippen LogP contribution in [-0.4, -0.2) is 29.6 Å². The molecule has 0 aliphatic heterocycles. The molecule has 0 fully saturated rings. The summed E-state index contributed by atoms with van der Waals surface area (Å²) in [5, 5.41) is 0.0857. The number of nitrogens with one attached hydrogen (secondary N) is 1. The van der Waals surface area contributed by atoms with Crippen LogP contribution in [-0.2, 0) is 0 Å². The van der Waals surface area contributed by atoms with Crippen molar-refractivity contribution < 1.29 is 0 Å². The lowest BCUT2D eigenvalue weighted by molar-refractivity contribution is 0.676. The maximum Gasteiger partial charge on any atom is 0.271 e. The van der Waals surface area contributed by atoms with Gasteiger partial charge in [0.25, 0.3) is 5.56 Å². The van der Waals surface area contributed by atoms with Crippen LogP contribution in [0.1, 0.15) is 6.92 Å². The molecule has 0 spiro atoms. The molecule has 1 heterocycles. The molecule has 5 nitrogen and oxygen atoms in total. The van der Waals surface area contributed by atoms with Crippen molar-refractivity contribution in [2.75, 3.05) is 18.5 Å². The molecule has 78 valence electrons. The Hall–Kier alpha value is -1.07. The lowest BCUT2D eigenvalue weighted by Crippen LogP contribution is -2.37. The van der Waals surface area contributed by atoms with Crippen molar-refractivity contribution in [2.45, 2.75) is 13.0 Å². The molecule has 0 bridgehead atoms. The van der Waals surface area contributed by atoms with Crippen LogP contribution >= 0.6 is 11.6 Å². The molecule has 14 heavy (non-hydrogen) atoms. The number of hydrogen-bond donors (Lipinski definition) is 2. The zero-order valence-corrected chi connectivity index (χ0v) is 8.88. The van der Waals surface area contributed by atoms with Gasteiger partial charge in [-0.25, -0.2) is 4.98 Å². The molecule has 0 saturated carbocycles. The second kappa shape index (κ2) is 4.43. The van der Waals surface area contributed by atoms with E-state index in [1.807, 2.05) is 14.0 Å². The van der Waals surface area contributed by atoms with Crippen LogP contribution in [0.15, 0.2) is 11.0 Å². The molecule has 0 aliphatic carbocycles. The van der Waals surface area contributed by atoms with Gasteiger partial charge in [-0.3, -0.25) is 9.78 Å². The monoisotopic (exact) mass is 216 g/mol. The van der Waals surface area contributed by atoms with Crippen LogP contribution in [0.25, 0.3) is 0 Å². The molecule has 0 aliphatic rings. The third-order valence-corrected chi connectivity index (χ3v) is 2.35.